The largest absolute Gasteiger partial charge is 0.304 e. The summed E-state index contributed by atoms with van der Waals surface area (Å²) in [5.74, 6) is 0.755. The molecule has 0 aromatic rings. The lowest BCUT2D eigenvalue weighted by molar-refractivity contribution is -0.127. The quantitative estimate of drug-likeness (QED) is 0.765. The summed E-state index contributed by atoms with van der Waals surface area (Å²) in [5, 5.41) is 0. The summed E-state index contributed by atoms with van der Waals surface area (Å²) in [6.45, 7) is 7.49. The molecule has 0 spiro atoms. The van der Waals surface area contributed by atoms with Crippen LogP contribution in [0, 0.1) is 11.3 Å². The number of likely N-dealkylation sites (N-methyl/N-ethyl adjacent to an activating group) is 2. The zero-order valence-corrected chi connectivity index (χ0v) is 12.4. The van der Waals surface area contributed by atoms with Crippen molar-refractivity contribution in [3.63, 3.8) is 0 Å². The van der Waals surface area contributed by atoms with Crippen molar-refractivity contribution in [3.05, 3.63) is 0 Å². The van der Waals surface area contributed by atoms with E-state index >= 15 is 0 Å². The Hall–Kier alpha value is -0.410. The lowest BCUT2D eigenvalue weighted by Gasteiger charge is -2.27. The Morgan fingerprint density at radius 1 is 1.33 bits per heavy atom. The van der Waals surface area contributed by atoms with Gasteiger partial charge in [-0.05, 0) is 46.3 Å². The standard InChI is InChI=1S/C15H28N2O/c1-15(2)8-7-12(14(15)18)10-16(3)11-13-6-5-9-17(13)4/h12-13H,5-11H2,1-4H3. The van der Waals surface area contributed by atoms with Crippen molar-refractivity contribution in [3.8, 4) is 0 Å². The van der Waals surface area contributed by atoms with Gasteiger partial charge in [0, 0.05) is 30.5 Å². The van der Waals surface area contributed by atoms with Gasteiger partial charge in [-0.15, -0.1) is 0 Å². The minimum absolute atomic E-state index is 0.0738. The fraction of sp³-hybridized carbons (Fsp3) is 0.933. The zero-order chi connectivity index (χ0) is 13.3. The van der Waals surface area contributed by atoms with Crippen LogP contribution in [-0.2, 0) is 4.79 Å². The number of Topliss-reactive ketones (excluding diaryl/α,β-unsaturated/α-hetero) is 1. The third kappa shape index (κ3) is 2.94. The van der Waals surface area contributed by atoms with Crippen LogP contribution in [0.5, 0.6) is 0 Å². The summed E-state index contributed by atoms with van der Waals surface area (Å²) >= 11 is 0. The average molecular weight is 252 g/mol. The highest BCUT2D eigenvalue weighted by Gasteiger charge is 2.40. The van der Waals surface area contributed by atoms with Crippen molar-refractivity contribution in [2.75, 3.05) is 33.7 Å². The Morgan fingerprint density at radius 2 is 2.06 bits per heavy atom. The molecule has 0 aromatic carbocycles. The highest BCUT2D eigenvalue weighted by Crippen LogP contribution is 2.37. The van der Waals surface area contributed by atoms with E-state index < -0.39 is 0 Å². The maximum Gasteiger partial charge on any atom is 0.142 e. The van der Waals surface area contributed by atoms with Gasteiger partial charge in [0.05, 0.1) is 0 Å². The maximum absolute atomic E-state index is 12.2. The molecular formula is C15H28N2O. The van der Waals surface area contributed by atoms with Crippen molar-refractivity contribution in [2.24, 2.45) is 11.3 Å². The molecule has 0 bridgehead atoms. The van der Waals surface area contributed by atoms with Crippen LogP contribution in [0.3, 0.4) is 0 Å². The van der Waals surface area contributed by atoms with Gasteiger partial charge in [0.15, 0.2) is 0 Å². The van der Waals surface area contributed by atoms with Gasteiger partial charge in [0.25, 0.3) is 0 Å². The Labute approximate surface area is 112 Å². The summed E-state index contributed by atoms with van der Waals surface area (Å²) in [5.41, 5.74) is -0.0738. The van der Waals surface area contributed by atoms with E-state index in [4.69, 9.17) is 0 Å². The smallest absolute Gasteiger partial charge is 0.142 e. The van der Waals surface area contributed by atoms with Gasteiger partial charge in [0.2, 0.25) is 0 Å². The van der Waals surface area contributed by atoms with Crippen molar-refractivity contribution >= 4 is 5.78 Å². The maximum atomic E-state index is 12.2. The first-order valence-corrected chi connectivity index (χ1v) is 7.33. The van der Waals surface area contributed by atoms with Gasteiger partial charge in [-0.1, -0.05) is 13.8 Å². The third-order valence-electron chi connectivity index (χ3n) is 4.88. The first kappa shape index (κ1) is 14.0. The van der Waals surface area contributed by atoms with Crippen molar-refractivity contribution in [1.29, 1.82) is 0 Å². The topological polar surface area (TPSA) is 23.6 Å². The molecule has 1 saturated heterocycles. The summed E-state index contributed by atoms with van der Waals surface area (Å²) in [4.78, 5) is 17.1. The molecule has 1 aliphatic carbocycles. The van der Waals surface area contributed by atoms with E-state index in [0.29, 0.717) is 11.8 Å². The molecule has 2 aliphatic rings. The minimum atomic E-state index is -0.0738. The van der Waals surface area contributed by atoms with E-state index in [-0.39, 0.29) is 11.3 Å². The summed E-state index contributed by atoms with van der Waals surface area (Å²) in [7, 11) is 4.39. The second-order valence-electron chi connectivity index (χ2n) is 6.98. The van der Waals surface area contributed by atoms with Crippen LogP contribution in [0.2, 0.25) is 0 Å². The number of nitrogens with zero attached hydrogens (tertiary/aromatic N) is 2. The predicted octanol–water partition coefficient (Wildman–Crippen LogP) is 2.02. The van der Waals surface area contributed by atoms with Crippen molar-refractivity contribution in [1.82, 2.24) is 9.80 Å². The molecule has 1 aliphatic heterocycles. The number of hydrogen-bond acceptors (Lipinski definition) is 3. The molecule has 3 nitrogen and oxygen atoms in total. The van der Waals surface area contributed by atoms with Crippen molar-refractivity contribution < 1.29 is 4.79 Å². The van der Waals surface area contributed by atoms with Gasteiger partial charge in [-0.25, -0.2) is 0 Å². The number of carbonyl (C=O) groups is 1. The number of carbonyl (C=O) groups excluding carboxylic acids is 1. The van der Waals surface area contributed by atoms with Crippen LogP contribution in [0.25, 0.3) is 0 Å². The number of likely N-dealkylation sites (tertiary alicyclic amines) is 1. The second kappa shape index (κ2) is 5.30. The predicted molar refractivity (Wildman–Crippen MR) is 74.7 cm³/mol. The number of ketones is 1. The van der Waals surface area contributed by atoms with E-state index in [0.717, 1.165) is 25.9 Å². The molecule has 18 heavy (non-hydrogen) atoms. The molecule has 2 atom stereocenters. The van der Waals surface area contributed by atoms with E-state index in [1.165, 1.54) is 19.4 Å². The second-order valence-corrected chi connectivity index (χ2v) is 6.98. The Kier molecular flexibility index (Phi) is 4.12. The third-order valence-corrected chi connectivity index (χ3v) is 4.88. The van der Waals surface area contributed by atoms with E-state index in [1.807, 2.05) is 0 Å². The highest BCUT2D eigenvalue weighted by atomic mass is 16.1. The zero-order valence-electron chi connectivity index (χ0n) is 12.4. The van der Waals surface area contributed by atoms with E-state index in [9.17, 15) is 4.79 Å². The van der Waals surface area contributed by atoms with Crippen LogP contribution >= 0.6 is 0 Å². The molecule has 2 fully saturated rings. The van der Waals surface area contributed by atoms with Crippen LogP contribution in [0.1, 0.15) is 39.5 Å². The summed E-state index contributed by atoms with van der Waals surface area (Å²) < 4.78 is 0. The van der Waals surface area contributed by atoms with Crippen LogP contribution in [-0.4, -0.2) is 55.4 Å². The van der Waals surface area contributed by atoms with Crippen LogP contribution < -0.4 is 0 Å². The molecule has 2 rings (SSSR count). The number of hydrogen-bond donors (Lipinski definition) is 0. The monoisotopic (exact) mass is 252 g/mol. The molecule has 104 valence electrons. The molecule has 1 saturated carbocycles. The molecule has 1 heterocycles. The molecule has 0 radical (unpaired) electrons. The Bertz CT molecular complexity index is 314. The molecule has 3 heteroatoms. The first-order chi connectivity index (χ1) is 8.40. The van der Waals surface area contributed by atoms with Gasteiger partial charge in [-0.3, -0.25) is 4.79 Å². The Morgan fingerprint density at radius 3 is 2.56 bits per heavy atom. The molecule has 0 N–H and O–H groups in total. The normalized spacial score (nSPS) is 32.6. The Balaban J connectivity index is 1.81. The molecule has 0 amide bonds. The first-order valence-electron chi connectivity index (χ1n) is 7.33. The van der Waals surface area contributed by atoms with E-state index in [1.54, 1.807) is 0 Å². The van der Waals surface area contributed by atoms with Crippen LogP contribution in [0.4, 0.5) is 0 Å². The van der Waals surface area contributed by atoms with Crippen molar-refractivity contribution in [2.45, 2.75) is 45.6 Å². The van der Waals surface area contributed by atoms with Gasteiger partial charge in [-0.2, -0.15) is 0 Å². The fourth-order valence-corrected chi connectivity index (χ4v) is 3.54. The van der Waals surface area contributed by atoms with Crippen LogP contribution in [0.15, 0.2) is 0 Å². The fourth-order valence-electron chi connectivity index (χ4n) is 3.54. The molecule has 2 unspecified atom stereocenters. The van der Waals surface area contributed by atoms with Gasteiger partial charge in [0.1, 0.15) is 5.78 Å². The van der Waals surface area contributed by atoms with Gasteiger partial charge >= 0.3 is 0 Å². The average Bonchev–Trinajstić information content (AvgIpc) is 2.78. The highest BCUT2D eigenvalue weighted by molar-refractivity contribution is 5.88. The molecule has 0 aromatic heterocycles. The molecular weight excluding hydrogens is 224 g/mol. The van der Waals surface area contributed by atoms with E-state index in [2.05, 4.69) is 37.7 Å². The minimum Gasteiger partial charge on any atom is -0.304 e. The lowest BCUT2D eigenvalue weighted by Crippen LogP contribution is -2.39. The lowest BCUT2D eigenvalue weighted by atomic mass is 9.89. The SMILES string of the molecule is CN(CC1CCC(C)(C)C1=O)CC1CCCN1C. The summed E-state index contributed by atoms with van der Waals surface area (Å²) in [6.07, 6.45) is 4.78. The number of rotatable bonds is 4. The summed E-state index contributed by atoms with van der Waals surface area (Å²) in [6, 6.07) is 0.694. The van der Waals surface area contributed by atoms with Gasteiger partial charge < -0.3 is 9.80 Å².